The van der Waals surface area contributed by atoms with Gasteiger partial charge in [0.25, 0.3) is 5.92 Å². The molecular weight excluding hydrogens is 280 g/mol. The third-order valence-electron chi connectivity index (χ3n) is 4.77. The smallest absolute Gasteiger partial charge is 0.261 e. The summed E-state index contributed by atoms with van der Waals surface area (Å²) in [6, 6.07) is 0. The number of amides is 2. The van der Waals surface area contributed by atoms with E-state index in [1.165, 1.54) is 4.90 Å². The van der Waals surface area contributed by atoms with E-state index in [-0.39, 0.29) is 24.9 Å². The van der Waals surface area contributed by atoms with Gasteiger partial charge in [-0.1, -0.05) is 0 Å². The van der Waals surface area contributed by atoms with Crippen LogP contribution >= 0.6 is 0 Å². The molecule has 3 fully saturated rings. The Balaban J connectivity index is 1.70. The Kier molecular flexibility index (Phi) is 3.63. The van der Waals surface area contributed by atoms with Crippen LogP contribution in [-0.4, -0.2) is 66.8 Å². The van der Waals surface area contributed by atoms with Gasteiger partial charge in [-0.3, -0.25) is 14.5 Å². The molecule has 3 aliphatic rings. The van der Waals surface area contributed by atoms with Crippen LogP contribution in [0.3, 0.4) is 0 Å². The van der Waals surface area contributed by atoms with Crippen molar-refractivity contribution in [1.29, 1.82) is 0 Å². The van der Waals surface area contributed by atoms with Crippen LogP contribution in [0.25, 0.3) is 0 Å². The molecule has 0 aromatic rings. The number of hydrogen-bond acceptors (Lipinski definition) is 3. The molecule has 3 rings (SSSR count). The summed E-state index contributed by atoms with van der Waals surface area (Å²) in [6.07, 6.45) is 1.98. The van der Waals surface area contributed by atoms with Gasteiger partial charge in [0.2, 0.25) is 11.8 Å². The average Bonchev–Trinajstić information content (AvgIpc) is 2.99. The summed E-state index contributed by atoms with van der Waals surface area (Å²) < 4.78 is 28.0. The SMILES string of the molecule is O=C(CN1CC(F)(F)CC2(CCNC2=O)C1)N1CCCC1. The lowest BCUT2D eigenvalue weighted by atomic mass is 9.77. The molecule has 0 aliphatic carbocycles. The molecule has 3 heterocycles. The number of likely N-dealkylation sites (tertiary alicyclic amines) is 2. The normalized spacial score (nSPS) is 32.7. The molecule has 7 heteroatoms. The summed E-state index contributed by atoms with van der Waals surface area (Å²) in [5.41, 5.74) is -1.02. The number of hydrogen-bond donors (Lipinski definition) is 1. The van der Waals surface area contributed by atoms with E-state index in [2.05, 4.69) is 5.32 Å². The second-order valence-corrected chi connectivity index (χ2v) is 6.55. The first-order chi connectivity index (χ1) is 9.90. The van der Waals surface area contributed by atoms with Gasteiger partial charge in [0.1, 0.15) is 0 Å². The van der Waals surface area contributed by atoms with Crippen molar-refractivity contribution in [2.24, 2.45) is 5.41 Å². The second-order valence-electron chi connectivity index (χ2n) is 6.55. The Labute approximate surface area is 122 Å². The maximum Gasteiger partial charge on any atom is 0.261 e. The quantitative estimate of drug-likeness (QED) is 0.806. The number of nitrogens with one attached hydrogen (secondary N) is 1. The highest BCUT2D eigenvalue weighted by Gasteiger charge is 2.54. The predicted octanol–water partition coefficient (Wildman–Crippen LogP) is 0.456. The van der Waals surface area contributed by atoms with Crippen molar-refractivity contribution >= 4 is 11.8 Å². The van der Waals surface area contributed by atoms with Gasteiger partial charge in [-0.05, 0) is 19.3 Å². The number of nitrogens with zero attached hydrogens (tertiary/aromatic N) is 2. The Morgan fingerprint density at radius 1 is 1.24 bits per heavy atom. The molecule has 3 saturated heterocycles. The standard InChI is InChI=1S/C14H21F2N3O2/c15-14(16)8-13(3-4-17-12(13)21)9-18(10-14)7-11(20)19-5-1-2-6-19/h1-10H2,(H,17,21). The minimum atomic E-state index is -2.91. The number of rotatable bonds is 2. The molecule has 0 bridgehead atoms. The highest BCUT2D eigenvalue weighted by Crippen LogP contribution is 2.43. The lowest BCUT2D eigenvalue weighted by molar-refractivity contribution is -0.152. The molecule has 1 N–H and O–H groups in total. The maximum absolute atomic E-state index is 14.0. The summed E-state index contributed by atoms with van der Waals surface area (Å²) in [6.45, 7) is 1.70. The Morgan fingerprint density at radius 2 is 1.95 bits per heavy atom. The topological polar surface area (TPSA) is 52.7 Å². The number of halogens is 2. The van der Waals surface area contributed by atoms with Crippen LogP contribution in [0.4, 0.5) is 8.78 Å². The van der Waals surface area contributed by atoms with Crippen LogP contribution < -0.4 is 5.32 Å². The van der Waals surface area contributed by atoms with E-state index in [9.17, 15) is 18.4 Å². The fourth-order valence-corrected chi connectivity index (χ4v) is 3.82. The summed E-state index contributed by atoms with van der Waals surface area (Å²) in [5.74, 6) is -3.30. The van der Waals surface area contributed by atoms with Gasteiger partial charge in [-0.25, -0.2) is 8.78 Å². The molecule has 1 unspecified atom stereocenters. The molecule has 118 valence electrons. The molecule has 2 amide bonds. The molecule has 5 nitrogen and oxygen atoms in total. The van der Waals surface area contributed by atoms with Crippen LogP contribution in [0.1, 0.15) is 25.7 Å². The lowest BCUT2D eigenvalue weighted by Crippen LogP contribution is -2.57. The van der Waals surface area contributed by atoms with E-state index in [0.29, 0.717) is 26.1 Å². The monoisotopic (exact) mass is 301 g/mol. The first kappa shape index (κ1) is 14.7. The van der Waals surface area contributed by atoms with Gasteiger partial charge < -0.3 is 10.2 Å². The second kappa shape index (κ2) is 5.19. The van der Waals surface area contributed by atoms with Gasteiger partial charge >= 0.3 is 0 Å². The molecule has 0 aromatic carbocycles. The first-order valence-electron chi connectivity index (χ1n) is 7.57. The maximum atomic E-state index is 14.0. The van der Waals surface area contributed by atoms with Crippen LogP contribution in [0.5, 0.6) is 0 Å². The number of carbonyl (C=O) groups excluding carboxylic acids is 2. The molecule has 0 aromatic heterocycles. The largest absolute Gasteiger partial charge is 0.356 e. The lowest BCUT2D eigenvalue weighted by Gasteiger charge is -2.42. The Bertz CT molecular complexity index is 452. The molecule has 3 aliphatic heterocycles. The average molecular weight is 301 g/mol. The van der Waals surface area contributed by atoms with Gasteiger partial charge in [0, 0.05) is 32.6 Å². The van der Waals surface area contributed by atoms with E-state index in [1.807, 2.05) is 0 Å². The highest BCUT2D eigenvalue weighted by atomic mass is 19.3. The molecule has 1 atom stereocenters. The first-order valence-corrected chi connectivity index (χ1v) is 7.57. The summed E-state index contributed by atoms with van der Waals surface area (Å²) in [4.78, 5) is 27.3. The molecular formula is C14H21F2N3O2. The van der Waals surface area contributed by atoms with Crippen LogP contribution in [0.15, 0.2) is 0 Å². The van der Waals surface area contributed by atoms with Crippen LogP contribution in [-0.2, 0) is 9.59 Å². The van der Waals surface area contributed by atoms with E-state index in [1.54, 1.807) is 4.90 Å². The summed E-state index contributed by atoms with van der Waals surface area (Å²) in [5, 5.41) is 2.65. The van der Waals surface area contributed by atoms with E-state index < -0.39 is 24.3 Å². The molecule has 1 spiro atoms. The molecule has 21 heavy (non-hydrogen) atoms. The third kappa shape index (κ3) is 2.88. The van der Waals surface area contributed by atoms with Gasteiger partial charge in [0.15, 0.2) is 0 Å². The summed E-state index contributed by atoms with van der Waals surface area (Å²) in [7, 11) is 0. The zero-order chi connectivity index (χ0) is 15.1. The third-order valence-corrected chi connectivity index (χ3v) is 4.77. The number of carbonyl (C=O) groups is 2. The van der Waals surface area contributed by atoms with E-state index in [4.69, 9.17) is 0 Å². The van der Waals surface area contributed by atoms with Crippen molar-refractivity contribution in [3.63, 3.8) is 0 Å². The molecule has 0 saturated carbocycles. The van der Waals surface area contributed by atoms with Crippen molar-refractivity contribution in [3.8, 4) is 0 Å². The van der Waals surface area contributed by atoms with E-state index in [0.717, 1.165) is 12.8 Å². The van der Waals surface area contributed by atoms with Crippen molar-refractivity contribution in [3.05, 3.63) is 0 Å². The van der Waals surface area contributed by atoms with Crippen molar-refractivity contribution in [1.82, 2.24) is 15.1 Å². The van der Waals surface area contributed by atoms with Gasteiger partial charge in [-0.15, -0.1) is 0 Å². The predicted molar refractivity (Wildman–Crippen MR) is 71.9 cm³/mol. The highest BCUT2D eigenvalue weighted by molar-refractivity contribution is 5.85. The Hall–Kier alpha value is -1.24. The van der Waals surface area contributed by atoms with Crippen LogP contribution in [0.2, 0.25) is 0 Å². The fourth-order valence-electron chi connectivity index (χ4n) is 3.82. The number of alkyl halides is 2. The fraction of sp³-hybridized carbons (Fsp3) is 0.857. The molecule has 0 radical (unpaired) electrons. The minimum Gasteiger partial charge on any atom is -0.356 e. The van der Waals surface area contributed by atoms with Crippen LogP contribution in [0, 0.1) is 5.41 Å². The Morgan fingerprint density at radius 3 is 2.57 bits per heavy atom. The van der Waals surface area contributed by atoms with Crippen molar-refractivity contribution < 1.29 is 18.4 Å². The minimum absolute atomic E-state index is 0.00931. The van der Waals surface area contributed by atoms with Crippen molar-refractivity contribution in [2.45, 2.75) is 31.6 Å². The summed E-state index contributed by atoms with van der Waals surface area (Å²) >= 11 is 0. The van der Waals surface area contributed by atoms with Gasteiger partial charge in [0.05, 0.1) is 18.5 Å². The van der Waals surface area contributed by atoms with Crippen molar-refractivity contribution in [2.75, 3.05) is 39.3 Å². The zero-order valence-electron chi connectivity index (χ0n) is 12.0. The van der Waals surface area contributed by atoms with E-state index >= 15 is 0 Å². The van der Waals surface area contributed by atoms with Gasteiger partial charge in [-0.2, -0.15) is 0 Å². The zero-order valence-corrected chi connectivity index (χ0v) is 12.0. The number of piperidine rings is 1.